The minimum atomic E-state index is -0.0664. The number of likely N-dealkylation sites (tertiary alicyclic amines) is 1. The van der Waals surface area contributed by atoms with E-state index in [4.69, 9.17) is 0 Å². The maximum Gasteiger partial charge on any atom is 0.319 e. The SMILES string of the molecule is Cc1cc(NC(=O)NC2CCCCC2)ccc1N1CCC(N2CCCC2C)C1. The lowest BCUT2D eigenvalue weighted by Gasteiger charge is -2.29. The Morgan fingerprint density at radius 1 is 1.04 bits per heavy atom. The Labute approximate surface area is 169 Å². The first-order valence-corrected chi connectivity index (χ1v) is 11.3. The Morgan fingerprint density at radius 3 is 2.57 bits per heavy atom. The molecule has 2 amide bonds. The molecule has 0 bridgehead atoms. The Morgan fingerprint density at radius 2 is 1.86 bits per heavy atom. The van der Waals surface area contributed by atoms with E-state index < -0.39 is 0 Å². The molecule has 3 aliphatic rings. The molecule has 0 aromatic heterocycles. The molecule has 2 saturated heterocycles. The number of carbonyl (C=O) groups excluding carboxylic acids is 1. The molecule has 28 heavy (non-hydrogen) atoms. The highest BCUT2D eigenvalue weighted by molar-refractivity contribution is 5.90. The van der Waals surface area contributed by atoms with Gasteiger partial charge in [-0.05, 0) is 76.3 Å². The van der Waals surface area contributed by atoms with Gasteiger partial charge in [-0.1, -0.05) is 19.3 Å². The van der Waals surface area contributed by atoms with E-state index in [0.29, 0.717) is 12.1 Å². The van der Waals surface area contributed by atoms with Gasteiger partial charge in [-0.25, -0.2) is 4.79 Å². The predicted molar refractivity (Wildman–Crippen MR) is 116 cm³/mol. The quantitative estimate of drug-likeness (QED) is 0.803. The molecule has 5 heteroatoms. The van der Waals surface area contributed by atoms with Crippen LogP contribution in [0.2, 0.25) is 0 Å². The third-order valence-corrected chi connectivity index (χ3v) is 6.97. The molecule has 1 aromatic carbocycles. The van der Waals surface area contributed by atoms with E-state index in [1.807, 2.05) is 0 Å². The van der Waals surface area contributed by atoms with E-state index in [-0.39, 0.29) is 6.03 Å². The fourth-order valence-corrected chi connectivity index (χ4v) is 5.42. The van der Waals surface area contributed by atoms with E-state index in [1.165, 1.54) is 56.3 Å². The molecule has 1 aliphatic carbocycles. The van der Waals surface area contributed by atoms with Gasteiger partial charge in [0.05, 0.1) is 0 Å². The highest BCUT2D eigenvalue weighted by Crippen LogP contribution is 2.31. The summed E-state index contributed by atoms with van der Waals surface area (Å²) >= 11 is 0. The van der Waals surface area contributed by atoms with Gasteiger partial charge in [-0.3, -0.25) is 4.90 Å². The molecule has 154 valence electrons. The molecule has 2 unspecified atom stereocenters. The predicted octanol–water partition coefficient (Wildman–Crippen LogP) is 4.51. The molecule has 2 heterocycles. The average molecular weight is 385 g/mol. The van der Waals surface area contributed by atoms with Crippen molar-refractivity contribution in [2.75, 3.05) is 29.9 Å². The summed E-state index contributed by atoms with van der Waals surface area (Å²) in [5, 5.41) is 6.16. The van der Waals surface area contributed by atoms with Crippen molar-refractivity contribution in [1.82, 2.24) is 10.2 Å². The summed E-state index contributed by atoms with van der Waals surface area (Å²) in [7, 11) is 0. The number of hydrogen-bond donors (Lipinski definition) is 2. The topological polar surface area (TPSA) is 47.6 Å². The largest absolute Gasteiger partial charge is 0.370 e. The summed E-state index contributed by atoms with van der Waals surface area (Å²) in [6.45, 7) is 8.05. The third kappa shape index (κ3) is 4.45. The Kier molecular flexibility index (Phi) is 6.10. The van der Waals surface area contributed by atoms with Crippen molar-refractivity contribution >= 4 is 17.4 Å². The fraction of sp³-hybridized carbons (Fsp3) is 0.696. The maximum atomic E-state index is 12.3. The lowest BCUT2D eigenvalue weighted by Crippen LogP contribution is -2.39. The standard InChI is InChI=1S/C23H36N4O/c1-17-15-20(25-23(28)24-19-8-4-3-5-9-19)10-11-22(17)26-14-12-21(16-26)27-13-6-7-18(27)2/h10-11,15,18-19,21H,3-9,12-14,16H2,1-2H3,(H2,24,25,28). The number of nitrogens with zero attached hydrogens (tertiary/aromatic N) is 2. The number of aryl methyl sites for hydroxylation is 1. The van der Waals surface area contributed by atoms with Gasteiger partial charge in [0.25, 0.3) is 0 Å². The Hall–Kier alpha value is -1.75. The highest BCUT2D eigenvalue weighted by atomic mass is 16.2. The number of benzene rings is 1. The molecule has 2 atom stereocenters. The summed E-state index contributed by atoms with van der Waals surface area (Å²) in [5.74, 6) is 0. The molecule has 1 aromatic rings. The molecule has 0 spiro atoms. The highest BCUT2D eigenvalue weighted by Gasteiger charge is 2.33. The third-order valence-electron chi connectivity index (χ3n) is 6.97. The van der Waals surface area contributed by atoms with Gasteiger partial charge in [0.1, 0.15) is 0 Å². The van der Waals surface area contributed by atoms with Crippen LogP contribution in [0.4, 0.5) is 16.2 Å². The second-order valence-electron chi connectivity index (χ2n) is 9.05. The lowest BCUT2D eigenvalue weighted by atomic mass is 9.96. The summed E-state index contributed by atoms with van der Waals surface area (Å²) in [6.07, 6.45) is 9.92. The molecule has 2 aliphatic heterocycles. The molecule has 2 N–H and O–H groups in total. The zero-order valence-electron chi connectivity index (χ0n) is 17.5. The van der Waals surface area contributed by atoms with Gasteiger partial charge < -0.3 is 15.5 Å². The van der Waals surface area contributed by atoms with Crippen LogP contribution in [0.5, 0.6) is 0 Å². The second-order valence-corrected chi connectivity index (χ2v) is 9.05. The van der Waals surface area contributed by atoms with Crippen LogP contribution in [-0.2, 0) is 0 Å². The molecular formula is C23H36N4O. The normalized spacial score (nSPS) is 26.6. The van der Waals surface area contributed by atoms with Gasteiger partial charge in [-0.15, -0.1) is 0 Å². The number of hydrogen-bond acceptors (Lipinski definition) is 3. The minimum Gasteiger partial charge on any atom is -0.370 e. The molecular weight excluding hydrogens is 348 g/mol. The molecule has 1 saturated carbocycles. The summed E-state index contributed by atoms with van der Waals surface area (Å²) in [4.78, 5) is 17.5. The van der Waals surface area contributed by atoms with Crippen LogP contribution in [0.15, 0.2) is 18.2 Å². The Balaban J connectivity index is 1.33. The first-order valence-electron chi connectivity index (χ1n) is 11.3. The van der Waals surface area contributed by atoms with Crippen molar-refractivity contribution in [3.05, 3.63) is 23.8 Å². The van der Waals surface area contributed by atoms with E-state index >= 15 is 0 Å². The molecule has 3 fully saturated rings. The van der Waals surface area contributed by atoms with Crippen LogP contribution < -0.4 is 15.5 Å². The van der Waals surface area contributed by atoms with Crippen LogP contribution in [0.25, 0.3) is 0 Å². The maximum absolute atomic E-state index is 12.3. The molecule has 0 radical (unpaired) electrons. The minimum absolute atomic E-state index is 0.0664. The number of carbonyl (C=O) groups is 1. The monoisotopic (exact) mass is 384 g/mol. The van der Waals surface area contributed by atoms with Crippen molar-refractivity contribution in [2.24, 2.45) is 0 Å². The van der Waals surface area contributed by atoms with Crippen molar-refractivity contribution in [3.8, 4) is 0 Å². The zero-order valence-corrected chi connectivity index (χ0v) is 17.5. The number of rotatable bonds is 4. The first kappa shape index (κ1) is 19.6. The first-order chi connectivity index (χ1) is 13.6. The van der Waals surface area contributed by atoms with Crippen molar-refractivity contribution in [2.45, 2.75) is 83.3 Å². The van der Waals surface area contributed by atoms with E-state index in [9.17, 15) is 4.79 Å². The van der Waals surface area contributed by atoms with Gasteiger partial charge in [0, 0.05) is 42.6 Å². The van der Waals surface area contributed by atoms with Crippen LogP contribution in [0.1, 0.15) is 63.9 Å². The zero-order chi connectivity index (χ0) is 19.5. The van der Waals surface area contributed by atoms with Gasteiger partial charge in [-0.2, -0.15) is 0 Å². The molecule has 5 nitrogen and oxygen atoms in total. The summed E-state index contributed by atoms with van der Waals surface area (Å²) in [6, 6.07) is 8.04. The summed E-state index contributed by atoms with van der Waals surface area (Å²) < 4.78 is 0. The number of urea groups is 1. The summed E-state index contributed by atoms with van der Waals surface area (Å²) in [5.41, 5.74) is 3.44. The van der Waals surface area contributed by atoms with Crippen LogP contribution in [0, 0.1) is 6.92 Å². The van der Waals surface area contributed by atoms with Crippen molar-refractivity contribution in [1.29, 1.82) is 0 Å². The van der Waals surface area contributed by atoms with Gasteiger partial charge in [0.2, 0.25) is 0 Å². The smallest absolute Gasteiger partial charge is 0.319 e. The van der Waals surface area contributed by atoms with Crippen molar-refractivity contribution < 1.29 is 4.79 Å². The number of amides is 2. The lowest BCUT2D eigenvalue weighted by molar-refractivity contribution is 0.204. The fourth-order valence-electron chi connectivity index (χ4n) is 5.42. The van der Waals surface area contributed by atoms with Crippen LogP contribution in [0.3, 0.4) is 0 Å². The Bertz CT molecular complexity index is 685. The van der Waals surface area contributed by atoms with Crippen molar-refractivity contribution in [3.63, 3.8) is 0 Å². The van der Waals surface area contributed by atoms with Crippen LogP contribution >= 0.6 is 0 Å². The number of anilines is 2. The van der Waals surface area contributed by atoms with E-state index in [2.05, 4.69) is 52.5 Å². The number of nitrogens with one attached hydrogen (secondary N) is 2. The van der Waals surface area contributed by atoms with E-state index in [0.717, 1.165) is 37.7 Å². The van der Waals surface area contributed by atoms with Gasteiger partial charge in [0.15, 0.2) is 0 Å². The van der Waals surface area contributed by atoms with Crippen LogP contribution in [-0.4, -0.2) is 48.7 Å². The molecule has 4 rings (SSSR count). The second kappa shape index (κ2) is 8.73. The van der Waals surface area contributed by atoms with E-state index in [1.54, 1.807) is 0 Å². The average Bonchev–Trinajstić information content (AvgIpc) is 3.31. The van der Waals surface area contributed by atoms with Gasteiger partial charge >= 0.3 is 6.03 Å².